The second kappa shape index (κ2) is 7.78. The van der Waals surface area contributed by atoms with E-state index in [2.05, 4.69) is 15.6 Å². The molecular formula is C16H19ClN4O2. The average molecular weight is 335 g/mol. The number of carbonyl (C=O) groups excluding carboxylic acids is 1. The summed E-state index contributed by atoms with van der Waals surface area (Å²) in [4.78, 5) is 27.8. The summed E-state index contributed by atoms with van der Waals surface area (Å²) in [7, 11) is 0. The van der Waals surface area contributed by atoms with Gasteiger partial charge in [-0.3, -0.25) is 9.36 Å². The normalized spacial score (nSPS) is 10.4. The summed E-state index contributed by atoms with van der Waals surface area (Å²) in [5.41, 5.74) is 2.20. The zero-order valence-electron chi connectivity index (χ0n) is 13.1. The molecule has 0 fully saturated rings. The summed E-state index contributed by atoms with van der Waals surface area (Å²) < 4.78 is 1.46. The van der Waals surface area contributed by atoms with Crippen molar-refractivity contribution in [2.45, 2.75) is 26.8 Å². The van der Waals surface area contributed by atoms with E-state index in [1.165, 1.54) is 17.0 Å². The topological polar surface area (TPSA) is 76.0 Å². The van der Waals surface area contributed by atoms with Gasteiger partial charge in [0.1, 0.15) is 0 Å². The zero-order chi connectivity index (χ0) is 16.8. The fraction of sp³-hybridized carbons (Fsp3) is 0.312. The maximum absolute atomic E-state index is 11.8. The largest absolute Gasteiger partial charge is 0.336 e. The van der Waals surface area contributed by atoms with Gasteiger partial charge in [0.05, 0.1) is 6.33 Å². The Kier molecular flexibility index (Phi) is 5.76. The van der Waals surface area contributed by atoms with Crippen LogP contribution in [0.25, 0.3) is 0 Å². The highest BCUT2D eigenvalue weighted by molar-refractivity contribution is 6.31. The Bertz CT molecular complexity index is 758. The quantitative estimate of drug-likeness (QED) is 0.882. The van der Waals surface area contributed by atoms with Crippen LogP contribution < -0.4 is 16.2 Å². The van der Waals surface area contributed by atoms with Gasteiger partial charge in [0.2, 0.25) is 0 Å². The summed E-state index contributed by atoms with van der Waals surface area (Å²) in [5, 5.41) is 5.97. The van der Waals surface area contributed by atoms with Crippen molar-refractivity contribution in [3.05, 3.63) is 57.2 Å². The first-order chi connectivity index (χ1) is 11.0. The maximum atomic E-state index is 11.8. The molecule has 0 unspecified atom stereocenters. The first kappa shape index (κ1) is 17.0. The second-order valence-electron chi connectivity index (χ2n) is 5.11. The highest BCUT2D eigenvalue weighted by Gasteiger charge is 2.04. The van der Waals surface area contributed by atoms with Crippen LogP contribution in [0.2, 0.25) is 5.02 Å². The van der Waals surface area contributed by atoms with Crippen LogP contribution in [0, 0.1) is 6.92 Å². The Labute approximate surface area is 139 Å². The number of halogens is 1. The highest BCUT2D eigenvalue weighted by Crippen LogP contribution is 2.19. The molecule has 2 amide bonds. The molecule has 0 radical (unpaired) electrons. The predicted octanol–water partition coefficient (Wildman–Crippen LogP) is 2.59. The maximum Gasteiger partial charge on any atom is 0.319 e. The third kappa shape index (κ3) is 4.82. The van der Waals surface area contributed by atoms with Gasteiger partial charge in [0, 0.05) is 35.6 Å². The van der Waals surface area contributed by atoms with Gasteiger partial charge in [-0.2, -0.15) is 0 Å². The number of hydrogen-bond donors (Lipinski definition) is 2. The Morgan fingerprint density at radius 1 is 1.35 bits per heavy atom. The number of anilines is 1. The van der Waals surface area contributed by atoms with Gasteiger partial charge < -0.3 is 10.6 Å². The molecular weight excluding hydrogens is 316 g/mol. The third-order valence-corrected chi connectivity index (χ3v) is 3.77. The summed E-state index contributed by atoms with van der Waals surface area (Å²) in [5.74, 6) is 0. The molecule has 0 saturated carbocycles. The Morgan fingerprint density at radius 2 is 2.13 bits per heavy atom. The lowest BCUT2D eigenvalue weighted by Gasteiger charge is -2.10. The molecule has 0 bridgehead atoms. The summed E-state index contributed by atoms with van der Waals surface area (Å²) >= 11 is 6.01. The van der Waals surface area contributed by atoms with Crippen LogP contribution >= 0.6 is 11.6 Å². The van der Waals surface area contributed by atoms with Crippen LogP contribution in [-0.4, -0.2) is 22.1 Å². The fourth-order valence-corrected chi connectivity index (χ4v) is 2.14. The number of aryl methyl sites for hydroxylation is 2. The molecule has 1 aromatic carbocycles. The first-order valence-corrected chi connectivity index (χ1v) is 7.73. The smallest absolute Gasteiger partial charge is 0.319 e. The van der Waals surface area contributed by atoms with Crippen molar-refractivity contribution in [2.75, 3.05) is 11.9 Å². The number of hydrogen-bond acceptors (Lipinski definition) is 3. The van der Waals surface area contributed by atoms with Crippen LogP contribution in [0.1, 0.15) is 18.2 Å². The lowest BCUT2D eigenvalue weighted by Crippen LogP contribution is -2.33. The van der Waals surface area contributed by atoms with E-state index in [1.54, 1.807) is 12.1 Å². The lowest BCUT2D eigenvalue weighted by molar-refractivity contribution is 0.251. The van der Waals surface area contributed by atoms with Crippen molar-refractivity contribution in [3.63, 3.8) is 0 Å². The van der Waals surface area contributed by atoms with Gasteiger partial charge in [0.25, 0.3) is 5.56 Å². The minimum atomic E-state index is -0.351. The van der Waals surface area contributed by atoms with E-state index in [0.717, 1.165) is 17.7 Å². The van der Waals surface area contributed by atoms with Crippen LogP contribution in [0.5, 0.6) is 0 Å². The van der Waals surface area contributed by atoms with Gasteiger partial charge >= 0.3 is 6.03 Å². The highest BCUT2D eigenvalue weighted by atomic mass is 35.5. The third-order valence-electron chi connectivity index (χ3n) is 3.37. The molecule has 0 aliphatic heterocycles. The number of nitrogens with zero attached hydrogens (tertiary/aromatic N) is 2. The number of amides is 2. The van der Waals surface area contributed by atoms with Gasteiger partial charge in [-0.1, -0.05) is 24.6 Å². The number of urea groups is 1. The van der Waals surface area contributed by atoms with Gasteiger partial charge in [-0.05, 0) is 31.0 Å². The predicted molar refractivity (Wildman–Crippen MR) is 91.1 cm³/mol. The molecule has 0 aliphatic carbocycles. The van der Waals surface area contributed by atoms with E-state index in [0.29, 0.717) is 23.8 Å². The van der Waals surface area contributed by atoms with E-state index in [1.807, 2.05) is 19.9 Å². The molecule has 2 rings (SSSR count). The van der Waals surface area contributed by atoms with Crippen molar-refractivity contribution in [1.29, 1.82) is 0 Å². The van der Waals surface area contributed by atoms with Crippen LogP contribution in [0.4, 0.5) is 10.5 Å². The Balaban J connectivity index is 1.85. The molecule has 0 aliphatic rings. The summed E-state index contributed by atoms with van der Waals surface area (Å²) in [6.45, 7) is 4.51. The number of nitrogens with one attached hydrogen (secondary N) is 2. The molecule has 6 nitrogen and oxygen atoms in total. The molecule has 1 heterocycles. The van der Waals surface area contributed by atoms with Gasteiger partial charge in [-0.25, -0.2) is 9.78 Å². The van der Waals surface area contributed by atoms with Gasteiger partial charge in [-0.15, -0.1) is 0 Å². The molecule has 0 spiro atoms. The first-order valence-electron chi connectivity index (χ1n) is 7.36. The summed E-state index contributed by atoms with van der Waals surface area (Å²) in [6.07, 6.45) is 2.22. The van der Waals surface area contributed by atoms with Crippen molar-refractivity contribution in [1.82, 2.24) is 14.9 Å². The van der Waals surface area contributed by atoms with E-state index in [9.17, 15) is 9.59 Å². The zero-order valence-corrected chi connectivity index (χ0v) is 13.9. The minimum Gasteiger partial charge on any atom is -0.336 e. The monoisotopic (exact) mass is 334 g/mol. The molecule has 0 atom stereocenters. The lowest BCUT2D eigenvalue weighted by atomic mass is 10.2. The average Bonchev–Trinajstić information content (AvgIpc) is 2.52. The van der Waals surface area contributed by atoms with E-state index >= 15 is 0 Å². The second-order valence-corrected chi connectivity index (χ2v) is 5.52. The summed E-state index contributed by atoms with van der Waals surface area (Å²) in [6, 6.07) is 6.45. The van der Waals surface area contributed by atoms with E-state index < -0.39 is 0 Å². The van der Waals surface area contributed by atoms with Crippen LogP contribution in [-0.2, 0) is 13.0 Å². The Hall–Kier alpha value is -2.34. The Morgan fingerprint density at radius 3 is 2.78 bits per heavy atom. The number of carbonyl (C=O) groups is 1. The SMILES string of the molecule is CCc1cc(=O)n(CCNC(=O)Nc2ccc(C)c(Cl)c2)cn1. The number of rotatable bonds is 5. The molecule has 7 heteroatoms. The van der Waals surface area contributed by atoms with Crippen LogP contribution in [0.3, 0.4) is 0 Å². The molecule has 122 valence electrons. The minimum absolute atomic E-state index is 0.121. The molecule has 0 saturated heterocycles. The molecule has 2 N–H and O–H groups in total. The molecule has 2 aromatic rings. The fourth-order valence-electron chi connectivity index (χ4n) is 1.96. The molecule has 1 aromatic heterocycles. The standard InChI is InChI=1S/C16H19ClN4O2/c1-3-12-9-15(22)21(10-19-12)7-6-18-16(23)20-13-5-4-11(2)14(17)8-13/h4-5,8-10H,3,6-7H2,1-2H3,(H2,18,20,23). The van der Waals surface area contributed by atoms with Crippen molar-refractivity contribution >= 4 is 23.3 Å². The van der Waals surface area contributed by atoms with Crippen molar-refractivity contribution in [3.8, 4) is 0 Å². The molecule has 23 heavy (non-hydrogen) atoms. The van der Waals surface area contributed by atoms with Crippen LogP contribution in [0.15, 0.2) is 35.4 Å². The van der Waals surface area contributed by atoms with Crippen molar-refractivity contribution in [2.24, 2.45) is 0 Å². The number of aromatic nitrogens is 2. The number of benzene rings is 1. The van der Waals surface area contributed by atoms with Crippen molar-refractivity contribution < 1.29 is 4.79 Å². The van der Waals surface area contributed by atoms with Gasteiger partial charge in [0.15, 0.2) is 0 Å². The van der Waals surface area contributed by atoms with E-state index in [-0.39, 0.29) is 11.6 Å². The van der Waals surface area contributed by atoms with E-state index in [4.69, 9.17) is 11.6 Å².